The first kappa shape index (κ1) is 14.9. The van der Waals surface area contributed by atoms with E-state index in [1.165, 1.54) is 11.8 Å². The third kappa shape index (κ3) is 4.27. The van der Waals surface area contributed by atoms with E-state index in [9.17, 15) is 4.79 Å². The Morgan fingerprint density at radius 3 is 2.56 bits per heavy atom. The number of nitrogens with zero attached hydrogens (tertiary/aromatic N) is 2. The molecule has 0 bridgehead atoms. The van der Waals surface area contributed by atoms with E-state index in [1.807, 2.05) is 20.1 Å². The highest BCUT2D eigenvalue weighted by atomic mass is 32.2. The van der Waals surface area contributed by atoms with Gasteiger partial charge in [-0.2, -0.15) is 0 Å². The van der Waals surface area contributed by atoms with Gasteiger partial charge in [-0.05, 0) is 12.2 Å². The highest BCUT2D eigenvalue weighted by Gasteiger charge is 2.22. The molecule has 6 heteroatoms. The summed E-state index contributed by atoms with van der Waals surface area (Å²) in [6.45, 7) is 4.38. The maximum atomic E-state index is 11.1. The molecule has 1 aromatic heterocycles. The predicted molar refractivity (Wildman–Crippen MR) is 71.5 cm³/mol. The molecule has 1 heterocycles. The van der Waals surface area contributed by atoms with Crippen molar-refractivity contribution in [3.8, 4) is 0 Å². The number of thioether (sulfide) groups is 1. The van der Waals surface area contributed by atoms with Gasteiger partial charge >= 0.3 is 5.97 Å². The fraction of sp³-hybridized carbons (Fsp3) is 0.583. The number of nitrogens with one attached hydrogen (secondary N) is 1. The van der Waals surface area contributed by atoms with Gasteiger partial charge in [0.1, 0.15) is 6.04 Å². The van der Waals surface area contributed by atoms with Crippen LogP contribution in [-0.2, 0) is 11.3 Å². The number of hydrogen-bond donors (Lipinski definition) is 2. The molecule has 2 N–H and O–H groups in total. The van der Waals surface area contributed by atoms with Gasteiger partial charge in [-0.15, -0.1) is 0 Å². The van der Waals surface area contributed by atoms with Crippen molar-refractivity contribution in [2.75, 3.05) is 6.26 Å². The van der Waals surface area contributed by atoms with Gasteiger partial charge in [-0.1, -0.05) is 32.0 Å². The molecule has 1 aromatic rings. The fourth-order valence-corrected chi connectivity index (χ4v) is 1.85. The molecule has 0 spiro atoms. The summed E-state index contributed by atoms with van der Waals surface area (Å²) in [5.74, 6) is -0.722. The number of carboxylic acids is 1. The maximum absolute atomic E-state index is 11.1. The second-order valence-electron chi connectivity index (χ2n) is 4.16. The number of hydrogen-bond acceptors (Lipinski definition) is 5. The molecule has 0 aliphatic rings. The molecular formula is C12H19N3O2S. The summed E-state index contributed by atoms with van der Waals surface area (Å²) >= 11 is 1.48. The van der Waals surface area contributed by atoms with E-state index >= 15 is 0 Å². The number of aromatic nitrogens is 2. The minimum Gasteiger partial charge on any atom is -0.480 e. The molecule has 0 aliphatic heterocycles. The molecule has 2 atom stereocenters. The van der Waals surface area contributed by atoms with E-state index in [-0.39, 0.29) is 5.92 Å². The summed E-state index contributed by atoms with van der Waals surface area (Å²) in [7, 11) is 0. The van der Waals surface area contributed by atoms with Gasteiger partial charge in [0.15, 0.2) is 5.16 Å². The lowest BCUT2D eigenvalue weighted by Gasteiger charge is -2.20. The summed E-state index contributed by atoms with van der Waals surface area (Å²) in [5, 5.41) is 12.9. The summed E-state index contributed by atoms with van der Waals surface area (Å²) in [6, 6.07) is -0.532. The van der Waals surface area contributed by atoms with Crippen LogP contribution in [0.5, 0.6) is 0 Å². The molecule has 5 nitrogen and oxygen atoms in total. The molecule has 0 aromatic carbocycles. The van der Waals surface area contributed by atoms with Crippen molar-refractivity contribution >= 4 is 17.7 Å². The molecule has 0 fully saturated rings. The third-order valence-corrected chi connectivity index (χ3v) is 3.45. The van der Waals surface area contributed by atoms with E-state index in [0.717, 1.165) is 17.1 Å². The normalized spacial score (nSPS) is 14.2. The smallest absolute Gasteiger partial charge is 0.320 e. The van der Waals surface area contributed by atoms with Crippen LogP contribution in [0.2, 0.25) is 0 Å². The second kappa shape index (κ2) is 7.33. The van der Waals surface area contributed by atoms with Crippen molar-refractivity contribution in [2.24, 2.45) is 5.92 Å². The van der Waals surface area contributed by atoms with Crippen LogP contribution in [0.3, 0.4) is 0 Å². The maximum Gasteiger partial charge on any atom is 0.320 e. The van der Waals surface area contributed by atoms with Crippen molar-refractivity contribution in [3.05, 3.63) is 18.0 Å². The van der Waals surface area contributed by atoms with Gasteiger partial charge in [-0.25, -0.2) is 9.97 Å². The Bertz CT molecular complexity index is 383. The molecular weight excluding hydrogens is 250 g/mol. The van der Waals surface area contributed by atoms with E-state index in [2.05, 4.69) is 15.3 Å². The molecule has 0 radical (unpaired) electrons. The predicted octanol–water partition coefficient (Wildman–Crippen LogP) is 1.79. The number of carboxylic acid groups (broad SMARTS) is 1. The average Bonchev–Trinajstić information content (AvgIpc) is 2.39. The molecule has 0 aliphatic carbocycles. The Kier molecular flexibility index (Phi) is 6.07. The van der Waals surface area contributed by atoms with Gasteiger partial charge in [0, 0.05) is 24.5 Å². The summed E-state index contributed by atoms with van der Waals surface area (Å²) in [5.41, 5.74) is 0.891. The van der Waals surface area contributed by atoms with Gasteiger partial charge in [0.05, 0.1) is 0 Å². The Labute approximate surface area is 111 Å². The third-order valence-electron chi connectivity index (χ3n) is 2.87. The van der Waals surface area contributed by atoms with Crippen molar-refractivity contribution in [2.45, 2.75) is 38.0 Å². The highest BCUT2D eigenvalue weighted by Crippen LogP contribution is 2.10. The lowest BCUT2D eigenvalue weighted by molar-refractivity contribution is -0.140. The monoisotopic (exact) mass is 269 g/mol. The van der Waals surface area contributed by atoms with E-state index in [1.54, 1.807) is 12.4 Å². The Morgan fingerprint density at radius 2 is 2.11 bits per heavy atom. The Hall–Kier alpha value is -1.14. The van der Waals surface area contributed by atoms with Crippen molar-refractivity contribution in [3.63, 3.8) is 0 Å². The van der Waals surface area contributed by atoms with Crippen LogP contribution in [-0.4, -0.2) is 33.3 Å². The topological polar surface area (TPSA) is 75.1 Å². The van der Waals surface area contributed by atoms with Crippen LogP contribution in [0.4, 0.5) is 0 Å². The van der Waals surface area contributed by atoms with Gasteiger partial charge in [-0.3, -0.25) is 10.1 Å². The lowest BCUT2D eigenvalue weighted by Crippen LogP contribution is -2.41. The fourth-order valence-electron chi connectivity index (χ4n) is 1.54. The van der Waals surface area contributed by atoms with Crippen LogP contribution in [0.1, 0.15) is 25.8 Å². The van der Waals surface area contributed by atoms with Crippen LogP contribution >= 0.6 is 11.8 Å². The van der Waals surface area contributed by atoms with E-state index in [0.29, 0.717) is 6.54 Å². The molecule has 18 heavy (non-hydrogen) atoms. The summed E-state index contributed by atoms with van der Waals surface area (Å²) < 4.78 is 0. The first-order valence-corrected chi connectivity index (χ1v) is 7.12. The van der Waals surface area contributed by atoms with Gasteiger partial charge < -0.3 is 5.11 Å². The Balaban J connectivity index is 2.58. The minimum absolute atomic E-state index is 0.0916. The molecule has 0 unspecified atom stereocenters. The quantitative estimate of drug-likeness (QED) is 0.580. The zero-order valence-electron chi connectivity index (χ0n) is 10.9. The SMILES string of the molecule is CC[C@@H](C)[C@H](NCc1cnc(SC)nc1)C(=O)O. The number of rotatable bonds is 7. The highest BCUT2D eigenvalue weighted by molar-refractivity contribution is 7.98. The zero-order chi connectivity index (χ0) is 13.5. The van der Waals surface area contributed by atoms with Crippen LogP contribution in [0.15, 0.2) is 17.6 Å². The van der Waals surface area contributed by atoms with Crippen molar-refractivity contribution in [1.82, 2.24) is 15.3 Å². The largest absolute Gasteiger partial charge is 0.480 e. The lowest BCUT2D eigenvalue weighted by atomic mass is 9.99. The van der Waals surface area contributed by atoms with Crippen LogP contribution in [0, 0.1) is 5.92 Å². The second-order valence-corrected chi connectivity index (χ2v) is 4.93. The first-order chi connectivity index (χ1) is 8.58. The Morgan fingerprint density at radius 1 is 1.50 bits per heavy atom. The number of aliphatic carboxylic acids is 1. The van der Waals surface area contributed by atoms with E-state index in [4.69, 9.17) is 5.11 Å². The van der Waals surface area contributed by atoms with Crippen LogP contribution in [0.25, 0.3) is 0 Å². The summed E-state index contributed by atoms with van der Waals surface area (Å²) in [4.78, 5) is 19.4. The molecule has 0 saturated carbocycles. The summed E-state index contributed by atoms with van der Waals surface area (Å²) in [6.07, 6.45) is 6.19. The standard InChI is InChI=1S/C12H19N3O2S/c1-4-8(2)10(11(16)17)13-5-9-6-14-12(18-3)15-7-9/h6-8,10,13H,4-5H2,1-3H3,(H,16,17)/t8-,10+/m1/s1. The molecule has 0 amide bonds. The van der Waals surface area contributed by atoms with E-state index < -0.39 is 12.0 Å². The molecule has 100 valence electrons. The first-order valence-electron chi connectivity index (χ1n) is 5.89. The van der Waals surface area contributed by atoms with Crippen LogP contribution < -0.4 is 5.32 Å². The minimum atomic E-state index is -0.814. The number of carbonyl (C=O) groups is 1. The molecule has 0 saturated heterocycles. The van der Waals surface area contributed by atoms with Crippen molar-refractivity contribution < 1.29 is 9.90 Å². The van der Waals surface area contributed by atoms with Crippen molar-refractivity contribution in [1.29, 1.82) is 0 Å². The average molecular weight is 269 g/mol. The molecule has 1 rings (SSSR count). The zero-order valence-corrected chi connectivity index (χ0v) is 11.7. The van der Waals surface area contributed by atoms with Gasteiger partial charge in [0.2, 0.25) is 0 Å². The van der Waals surface area contributed by atoms with Gasteiger partial charge in [0.25, 0.3) is 0 Å².